The summed E-state index contributed by atoms with van der Waals surface area (Å²) in [6, 6.07) is 24.1. The molecule has 8 nitrogen and oxygen atoms in total. The zero-order valence-electron chi connectivity index (χ0n) is 20.2. The van der Waals surface area contributed by atoms with Gasteiger partial charge in [-0.05, 0) is 74.0 Å². The maximum absolute atomic E-state index is 13.2. The van der Waals surface area contributed by atoms with Gasteiger partial charge < -0.3 is 14.8 Å². The van der Waals surface area contributed by atoms with Crippen LogP contribution in [0.2, 0.25) is 0 Å². The largest absolute Gasteiger partial charge is 0.493 e. The number of carbonyl (C=O) groups is 1. The molecule has 0 aliphatic rings. The minimum atomic E-state index is -0.241. The van der Waals surface area contributed by atoms with Crippen LogP contribution in [0.4, 0.5) is 5.69 Å². The number of carbonyl (C=O) groups excluding carboxylic acids is 1. The summed E-state index contributed by atoms with van der Waals surface area (Å²) in [5, 5.41) is 17.5. The molecule has 0 aliphatic carbocycles. The van der Waals surface area contributed by atoms with Crippen molar-refractivity contribution in [3.05, 3.63) is 95.8 Å². The van der Waals surface area contributed by atoms with Gasteiger partial charge in [0, 0.05) is 17.4 Å². The van der Waals surface area contributed by atoms with E-state index in [1.807, 2.05) is 63.2 Å². The maximum atomic E-state index is 13.2. The number of benzene rings is 3. The van der Waals surface area contributed by atoms with Crippen molar-refractivity contribution < 1.29 is 14.3 Å². The Labute approximate surface area is 208 Å². The molecule has 36 heavy (non-hydrogen) atoms. The number of fused-ring (bicyclic) bond motifs is 1. The SMILES string of the molecule is CCOc1ccc2ccccc2c1C(=O)Nc1ccc(Oc2ccc(-n3nc(C)cc3C)nn2)cc1. The van der Waals surface area contributed by atoms with Crippen LogP contribution in [0.5, 0.6) is 17.4 Å². The van der Waals surface area contributed by atoms with Crippen molar-refractivity contribution in [3.63, 3.8) is 0 Å². The van der Waals surface area contributed by atoms with E-state index in [-0.39, 0.29) is 5.91 Å². The first kappa shape index (κ1) is 23.0. The van der Waals surface area contributed by atoms with Gasteiger partial charge in [-0.25, -0.2) is 4.68 Å². The number of nitrogens with zero attached hydrogens (tertiary/aromatic N) is 4. The van der Waals surface area contributed by atoms with Gasteiger partial charge >= 0.3 is 0 Å². The summed E-state index contributed by atoms with van der Waals surface area (Å²) in [5.41, 5.74) is 3.03. The van der Waals surface area contributed by atoms with Crippen LogP contribution in [0.3, 0.4) is 0 Å². The highest BCUT2D eigenvalue weighted by Gasteiger charge is 2.17. The van der Waals surface area contributed by atoms with E-state index in [2.05, 4.69) is 20.6 Å². The van der Waals surface area contributed by atoms with E-state index in [9.17, 15) is 4.79 Å². The van der Waals surface area contributed by atoms with Gasteiger partial charge in [0.15, 0.2) is 5.82 Å². The lowest BCUT2D eigenvalue weighted by Crippen LogP contribution is -2.14. The van der Waals surface area contributed by atoms with Crippen molar-refractivity contribution in [1.29, 1.82) is 0 Å². The molecule has 0 radical (unpaired) electrons. The third-order valence-electron chi connectivity index (χ3n) is 5.60. The summed E-state index contributed by atoms with van der Waals surface area (Å²) in [4.78, 5) is 13.2. The zero-order chi connectivity index (χ0) is 25.1. The Balaban J connectivity index is 1.30. The van der Waals surface area contributed by atoms with Crippen LogP contribution in [-0.4, -0.2) is 32.5 Å². The normalized spacial score (nSPS) is 10.9. The predicted molar refractivity (Wildman–Crippen MR) is 138 cm³/mol. The number of aryl methyl sites for hydroxylation is 2. The lowest BCUT2D eigenvalue weighted by Gasteiger charge is -2.14. The van der Waals surface area contributed by atoms with Gasteiger partial charge in [-0.2, -0.15) is 5.10 Å². The van der Waals surface area contributed by atoms with Crippen LogP contribution in [0.25, 0.3) is 16.6 Å². The first-order valence-electron chi connectivity index (χ1n) is 11.6. The smallest absolute Gasteiger partial charge is 0.260 e. The molecule has 0 saturated carbocycles. The van der Waals surface area contributed by atoms with Crippen molar-refractivity contribution in [2.24, 2.45) is 0 Å². The Kier molecular flexibility index (Phi) is 6.32. The molecule has 1 N–H and O–H groups in total. The lowest BCUT2D eigenvalue weighted by molar-refractivity contribution is 0.102. The topological polar surface area (TPSA) is 91.2 Å². The number of hydrogen-bond donors (Lipinski definition) is 1. The molecule has 180 valence electrons. The van der Waals surface area contributed by atoms with E-state index < -0.39 is 0 Å². The number of anilines is 1. The fourth-order valence-electron chi connectivity index (χ4n) is 4.02. The minimum Gasteiger partial charge on any atom is -0.493 e. The van der Waals surface area contributed by atoms with E-state index in [0.717, 1.165) is 22.2 Å². The average Bonchev–Trinajstić information content (AvgIpc) is 3.23. The van der Waals surface area contributed by atoms with E-state index in [1.165, 1.54) is 0 Å². The van der Waals surface area contributed by atoms with Crippen LogP contribution in [-0.2, 0) is 0 Å². The quantitative estimate of drug-likeness (QED) is 0.314. The molecule has 3 aromatic carbocycles. The van der Waals surface area contributed by atoms with Crippen LogP contribution in [0, 0.1) is 13.8 Å². The summed E-state index contributed by atoms with van der Waals surface area (Å²) < 4.78 is 13.3. The van der Waals surface area contributed by atoms with Gasteiger partial charge in [0.1, 0.15) is 11.5 Å². The van der Waals surface area contributed by atoms with Crippen LogP contribution in [0.15, 0.2) is 78.9 Å². The van der Waals surface area contributed by atoms with Gasteiger partial charge in [0.2, 0.25) is 5.88 Å². The molecule has 8 heteroatoms. The maximum Gasteiger partial charge on any atom is 0.260 e. The second kappa shape index (κ2) is 9.87. The minimum absolute atomic E-state index is 0.241. The van der Waals surface area contributed by atoms with E-state index in [1.54, 1.807) is 41.1 Å². The highest BCUT2D eigenvalue weighted by molar-refractivity contribution is 6.15. The van der Waals surface area contributed by atoms with Gasteiger partial charge in [-0.1, -0.05) is 30.3 Å². The molecule has 0 bridgehead atoms. The number of aromatic nitrogens is 4. The highest BCUT2D eigenvalue weighted by Crippen LogP contribution is 2.30. The number of rotatable bonds is 7. The first-order valence-corrected chi connectivity index (χ1v) is 11.6. The molecule has 5 aromatic rings. The molecule has 0 aliphatic heterocycles. The van der Waals surface area contributed by atoms with Crippen LogP contribution < -0.4 is 14.8 Å². The second-order valence-corrected chi connectivity index (χ2v) is 8.24. The van der Waals surface area contributed by atoms with E-state index in [4.69, 9.17) is 9.47 Å². The number of ether oxygens (including phenoxy) is 2. The van der Waals surface area contributed by atoms with Crippen LogP contribution in [0.1, 0.15) is 28.7 Å². The Bertz CT molecular complexity index is 1530. The highest BCUT2D eigenvalue weighted by atomic mass is 16.5. The molecule has 2 heterocycles. The summed E-state index contributed by atoms with van der Waals surface area (Å²) in [6.45, 7) is 6.26. The summed E-state index contributed by atoms with van der Waals surface area (Å²) in [7, 11) is 0. The number of amides is 1. The Hall–Kier alpha value is -4.72. The Morgan fingerprint density at radius 2 is 1.75 bits per heavy atom. The lowest BCUT2D eigenvalue weighted by atomic mass is 10.0. The fraction of sp³-hybridized carbons (Fsp3) is 0.143. The first-order chi connectivity index (χ1) is 17.5. The van der Waals surface area contributed by atoms with Crippen molar-refractivity contribution in [2.45, 2.75) is 20.8 Å². The van der Waals surface area contributed by atoms with Gasteiger partial charge in [-0.15, -0.1) is 10.2 Å². The van der Waals surface area contributed by atoms with Crippen molar-refractivity contribution in [1.82, 2.24) is 20.0 Å². The predicted octanol–water partition coefficient (Wildman–Crippen LogP) is 5.88. The van der Waals surface area contributed by atoms with Crippen molar-refractivity contribution >= 4 is 22.4 Å². The molecule has 2 aromatic heterocycles. The monoisotopic (exact) mass is 479 g/mol. The molecule has 0 spiro atoms. The van der Waals surface area contributed by atoms with Gasteiger partial charge in [0.25, 0.3) is 5.91 Å². The molecule has 0 fully saturated rings. The standard InChI is InChI=1S/C28H25N5O3/c1-4-35-24-14-9-20-7-5-6-8-23(20)27(24)28(34)29-21-10-12-22(13-11-21)36-26-16-15-25(30-31-26)33-19(3)17-18(2)32-33/h5-17H,4H2,1-3H3,(H,29,34). The zero-order valence-corrected chi connectivity index (χ0v) is 20.2. The average molecular weight is 480 g/mol. The third kappa shape index (κ3) is 4.74. The van der Waals surface area contributed by atoms with Crippen molar-refractivity contribution in [2.75, 3.05) is 11.9 Å². The fourth-order valence-corrected chi connectivity index (χ4v) is 4.02. The van der Waals surface area contributed by atoms with Crippen molar-refractivity contribution in [3.8, 4) is 23.2 Å². The molecule has 0 saturated heterocycles. The van der Waals surface area contributed by atoms with Gasteiger partial charge in [0.05, 0.1) is 17.9 Å². The molecular formula is C28H25N5O3. The third-order valence-corrected chi connectivity index (χ3v) is 5.60. The Morgan fingerprint density at radius 1 is 0.944 bits per heavy atom. The second-order valence-electron chi connectivity index (χ2n) is 8.24. The van der Waals surface area contributed by atoms with E-state index >= 15 is 0 Å². The molecule has 0 atom stereocenters. The summed E-state index contributed by atoms with van der Waals surface area (Å²) in [5.74, 6) is 1.85. The molecule has 0 unspecified atom stereocenters. The molecular weight excluding hydrogens is 454 g/mol. The Morgan fingerprint density at radius 3 is 2.44 bits per heavy atom. The summed E-state index contributed by atoms with van der Waals surface area (Å²) >= 11 is 0. The van der Waals surface area contributed by atoms with Gasteiger partial charge in [-0.3, -0.25) is 4.79 Å². The summed E-state index contributed by atoms with van der Waals surface area (Å²) in [6.07, 6.45) is 0. The number of hydrogen-bond acceptors (Lipinski definition) is 6. The van der Waals surface area contributed by atoms with E-state index in [0.29, 0.717) is 41.1 Å². The molecule has 5 rings (SSSR count). The van der Waals surface area contributed by atoms with Crippen LogP contribution >= 0.6 is 0 Å². The molecule has 1 amide bonds. The number of nitrogens with one attached hydrogen (secondary N) is 1.